The average Bonchev–Trinajstić information content (AvgIpc) is 2.73. The molecule has 0 aliphatic heterocycles. The van der Waals surface area contributed by atoms with Gasteiger partial charge in [0.2, 0.25) is 0 Å². The molecule has 1 atom stereocenters. The predicted octanol–water partition coefficient (Wildman–Crippen LogP) is 4.56. The molecule has 0 aliphatic carbocycles. The van der Waals surface area contributed by atoms with Crippen molar-refractivity contribution in [2.24, 2.45) is 0 Å². The van der Waals surface area contributed by atoms with Crippen LogP contribution in [0.25, 0.3) is 0 Å². The average molecular weight is 266 g/mol. The molecule has 1 heterocycles. The topological polar surface area (TPSA) is 12.0 Å². The molecule has 2 aromatic rings. The van der Waals surface area contributed by atoms with Crippen molar-refractivity contribution in [3.8, 4) is 0 Å². The Bertz CT molecular complexity index is 475. The lowest BCUT2D eigenvalue weighted by Crippen LogP contribution is -2.17. The van der Waals surface area contributed by atoms with Crippen molar-refractivity contribution >= 4 is 22.9 Å². The maximum absolute atomic E-state index is 6.06. The summed E-state index contributed by atoms with van der Waals surface area (Å²) in [5.74, 6) is 0. The fourth-order valence-corrected chi connectivity index (χ4v) is 2.72. The summed E-state index contributed by atoms with van der Waals surface area (Å²) in [5.41, 5.74) is 2.60. The molecule has 1 N–H and O–H groups in total. The summed E-state index contributed by atoms with van der Waals surface area (Å²) in [6.45, 7) is 5.10. The number of nitrogens with one attached hydrogen (secondary N) is 1. The molecular formula is C14H16ClNS. The molecule has 0 saturated heterocycles. The molecule has 1 aromatic heterocycles. The van der Waals surface area contributed by atoms with Crippen LogP contribution in [-0.2, 0) is 6.54 Å². The van der Waals surface area contributed by atoms with Gasteiger partial charge in [-0.05, 0) is 30.9 Å². The first kappa shape index (κ1) is 12.6. The van der Waals surface area contributed by atoms with Gasteiger partial charge < -0.3 is 5.32 Å². The van der Waals surface area contributed by atoms with Gasteiger partial charge in [0.1, 0.15) is 0 Å². The Morgan fingerprint density at radius 3 is 2.53 bits per heavy atom. The van der Waals surface area contributed by atoms with Crippen LogP contribution in [0.4, 0.5) is 0 Å². The van der Waals surface area contributed by atoms with Crippen molar-refractivity contribution in [1.29, 1.82) is 0 Å². The third kappa shape index (κ3) is 3.32. The van der Waals surface area contributed by atoms with E-state index < -0.39 is 0 Å². The van der Waals surface area contributed by atoms with E-state index in [1.807, 2.05) is 11.4 Å². The van der Waals surface area contributed by atoms with Crippen LogP contribution in [0.3, 0.4) is 0 Å². The highest BCUT2D eigenvalue weighted by atomic mass is 35.5. The second kappa shape index (κ2) is 5.67. The van der Waals surface area contributed by atoms with Gasteiger partial charge >= 0.3 is 0 Å². The smallest absolute Gasteiger partial charge is 0.0558 e. The summed E-state index contributed by atoms with van der Waals surface area (Å²) in [7, 11) is 0. The molecule has 90 valence electrons. The second-order valence-corrected chi connectivity index (χ2v) is 5.61. The predicted molar refractivity (Wildman–Crippen MR) is 75.8 cm³/mol. The molecule has 0 aliphatic rings. The van der Waals surface area contributed by atoms with E-state index in [4.69, 9.17) is 11.6 Å². The molecule has 1 unspecified atom stereocenters. The van der Waals surface area contributed by atoms with Gasteiger partial charge in [0, 0.05) is 17.5 Å². The van der Waals surface area contributed by atoms with Crippen molar-refractivity contribution in [2.45, 2.75) is 26.4 Å². The van der Waals surface area contributed by atoms with Gasteiger partial charge in [-0.1, -0.05) is 41.4 Å². The van der Waals surface area contributed by atoms with Crippen LogP contribution in [0, 0.1) is 6.92 Å². The molecule has 1 aromatic carbocycles. The largest absolute Gasteiger partial charge is 0.305 e. The monoisotopic (exact) mass is 265 g/mol. The number of thiophene rings is 1. The minimum atomic E-state index is 0.341. The molecule has 1 nitrogen and oxygen atoms in total. The van der Waals surface area contributed by atoms with Gasteiger partial charge in [-0.25, -0.2) is 0 Å². The molecule has 17 heavy (non-hydrogen) atoms. The maximum Gasteiger partial charge on any atom is 0.0558 e. The van der Waals surface area contributed by atoms with Crippen molar-refractivity contribution in [1.82, 2.24) is 5.32 Å². The lowest BCUT2D eigenvalue weighted by atomic mass is 10.1. The maximum atomic E-state index is 6.06. The summed E-state index contributed by atoms with van der Waals surface area (Å²) in [6, 6.07) is 10.9. The quantitative estimate of drug-likeness (QED) is 0.855. The third-order valence-electron chi connectivity index (χ3n) is 2.84. The van der Waals surface area contributed by atoms with Crippen LogP contribution in [0.5, 0.6) is 0 Å². The minimum Gasteiger partial charge on any atom is -0.305 e. The number of aryl methyl sites for hydroxylation is 1. The molecule has 0 spiro atoms. The van der Waals surface area contributed by atoms with Crippen LogP contribution < -0.4 is 5.32 Å². The first-order valence-corrected chi connectivity index (χ1v) is 6.94. The number of benzene rings is 1. The minimum absolute atomic E-state index is 0.341. The Labute approximate surface area is 111 Å². The van der Waals surface area contributed by atoms with Gasteiger partial charge in [-0.15, -0.1) is 11.3 Å². The van der Waals surface area contributed by atoms with Gasteiger partial charge in [0.25, 0.3) is 0 Å². The van der Waals surface area contributed by atoms with E-state index in [1.165, 1.54) is 16.0 Å². The van der Waals surface area contributed by atoms with Crippen molar-refractivity contribution < 1.29 is 0 Å². The highest BCUT2D eigenvalue weighted by Crippen LogP contribution is 2.23. The van der Waals surface area contributed by atoms with Gasteiger partial charge in [-0.3, -0.25) is 0 Å². The molecule has 0 saturated carbocycles. The molecule has 0 radical (unpaired) electrons. The van der Waals surface area contributed by atoms with Gasteiger partial charge in [0.15, 0.2) is 0 Å². The Balaban J connectivity index is 1.95. The summed E-state index contributed by atoms with van der Waals surface area (Å²) >= 11 is 7.76. The van der Waals surface area contributed by atoms with E-state index in [0.717, 1.165) is 11.6 Å². The Kier molecular flexibility index (Phi) is 4.21. The van der Waals surface area contributed by atoms with E-state index in [2.05, 4.69) is 43.4 Å². The molecule has 0 bridgehead atoms. The number of halogens is 1. The van der Waals surface area contributed by atoms with Gasteiger partial charge in [0.05, 0.1) is 5.02 Å². The molecule has 2 rings (SSSR count). The Morgan fingerprint density at radius 2 is 1.94 bits per heavy atom. The SMILES string of the molecule is Cc1ccc(C(C)NCc2sccc2Cl)cc1. The molecule has 3 heteroatoms. The fourth-order valence-electron chi connectivity index (χ4n) is 1.67. The van der Waals surface area contributed by atoms with Crippen LogP contribution in [-0.4, -0.2) is 0 Å². The van der Waals surface area contributed by atoms with E-state index in [9.17, 15) is 0 Å². The van der Waals surface area contributed by atoms with Crippen molar-refractivity contribution in [2.75, 3.05) is 0 Å². The van der Waals surface area contributed by atoms with Crippen molar-refractivity contribution in [3.05, 3.63) is 56.7 Å². The summed E-state index contributed by atoms with van der Waals surface area (Å²) in [6.07, 6.45) is 0. The van der Waals surface area contributed by atoms with Crippen LogP contribution in [0.2, 0.25) is 5.02 Å². The second-order valence-electron chi connectivity index (χ2n) is 4.20. The molecular weight excluding hydrogens is 250 g/mol. The lowest BCUT2D eigenvalue weighted by molar-refractivity contribution is 0.579. The van der Waals surface area contributed by atoms with E-state index >= 15 is 0 Å². The van der Waals surface area contributed by atoms with Crippen molar-refractivity contribution in [3.63, 3.8) is 0 Å². The number of hydrogen-bond donors (Lipinski definition) is 1. The number of rotatable bonds is 4. The lowest BCUT2D eigenvalue weighted by Gasteiger charge is -2.14. The standard InChI is InChI=1S/C14H16ClNS/c1-10-3-5-12(6-4-10)11(2)16-9-14-13(15)7-8-17-14/h3-8,11,16H,9H2,1-2H3. The zero-order chi connectivity index (χ0) is 12.3. The van der Waals surface area contributed by atoms with E-state index in [1.54, 1.807) is 11.3 Å². The highest BCUT2D eigenvalue weighted by molar-refractivity contribution is 7.10. The van der Waals surface area contributed by atoms with Crippen LogP contribution in [0.15, 0.2) is 35.7 Å². The fraction of sp³-hybridized carbons (Fsp3) is 0.286. The number of hydrogen-bond acceptors (Lipinski definition) is 2. The summed E-state index contributed by atoms with van der Waals surface area (Å²) < 4.78 is 0. The summed E-state index contributed by atoms with van der Waals surface area (Å²) in [5, 5.41) is 6.37. The zero-order valence-electron chi connectivity index (χ0n) is 10.0. The van der Waals surface area contributed by atoms with E-state index in [-0.39, 0.29) is 0 Å². The first-order valence-electron chi connectivity index (χ1n) is 5.68. The molecule has 0 amide bonds. The highest BCUT2D eigenvalue weighted by Gasteiger charge is 2.06. The molecule has 0 fully saturated rings. The normalized spacial score (nSPS) is 12.6. The Hall–Kier alpha value is -0.830. The van der Waals surface area contributed by atoms with Gasteiger partial charge in [-0.2, -0.15) is 0 Å². The van der Waals surface area contributed by atoms with E-state index in [0.29, 0.717) is 6.04 Å². The first-order chi connectivity index (χ1) is 8.16. The van der Waals surface area contributed by atoms with Crippen LogP contribution >= 0.6 is 22.9 Å². The Morgan fingerprint density at radius 1 is 1.24 bits per heavy atom. The zero-order valence-corrected chi connectivity index (χ0v) is 11.6. The summed E-state index contributed by atoms with van der Waals surface area (Å²) in [4.78, 5) is 1.20. The third-order valence-corrected chi connectivity index (χ3v) is 4.22. The van der Waals surface area contributed by atoms with Crippen LogP contribution in [0.1, 0.15) is 29.0 Å².